The van der Waals surface area contributed by atoms with Gasteiger partial charge in [0.25, 0.3) is 0 Å². The summed E-state index contributed by atoms with van der Waals surface area (Å²) < 4.78 is 36.1. The van der Waals surface area contributed by atoms with Crippen LogP contribution in [0.25, 0.3) is 0 Å². The minimum absolute atomic E-state index is 0.0734. The van der Waals surface area contributed by atoms with Gasteiger partial charge in [0, 0.05) is 16.3 Å². The number of nitrogens with two attached hydrogens (primary N) is 1. The quantitative estimate of drug-likeness (QED) is 0.893. The molecule has 0 bridgehead atoms. The summed E-state index contributed by atoms with van der Waals surface area (Å²) in [6.07, 6.45) is -0.273. The van der Waals surface area contributed by atoms with Gasteiger partial charge in [-0.3, -0.25) is 4.79 Å². The van der Waals surface area contributed by atoms with Crippen LogP contribution in [0.5, 0.6) is 0 Å². The third-order valence-corrected chi connectivity index (χ3v) is 4.11. The van der Waals surface area contributed by atoms with Crippen molar-refractivity contribution in [3.05, 3.63) is 58.9 Å². The maximum absolute atomic E-state index is 13.6. The highest BCUT2D eigenvalue weighted by Gasteiger charge is 2.13. The molecule has 0 aliphatic carbocycles. The van der Waals surface area contributed by atoms with Crippen molar-refractivity contribution >= 4 is 33.2 Å². The van der Waals surface area contributed by atoms with Gasteiger partial charge in [-0.05, 0) is 30.3 Å². The lowest BCUT2D eigenvalue weighted by Gasteiger charge is -2.08. The summed E-state index contributed by atoms with van der Waals surface area (Å²) in [5.74, 6) is -1.11. The Morgan fingerprint density at radius 1 is 1.23 bits per heavy atom. The molecule has 0 atom stereocenters. The van der Waals surface area contributed by atoms with Crippen molar-refractivity contribution in [3.63, 3.8) is 0 Å². The predicted octanol–water partition coefficient (Wildman–Crippen LogP) is 2.31. The Morgan fingerprint density at radius 2 is 1.91 bits per heavy atom. The lowest BCUT2D eigenvalue weighted by molar-refractivity contribution is -0.115. The molecule has 0 aromatic heterocycles. The molecule has 116 valence electrons. The molecule has 8 heteroatoms. The number of rotatable bonds is 4. The van der Waals surface area contributed by atoms with Gasteiger partial charge in [-0.1, -0.05) is 23.7 Å². The first kappa shape index (κ1) is 16.4. The molecule has 0 unspecified atom stereocenters. The molecule has 0 saturated carbocycles. The van der Waals surface area contributed by atoms with Gasteiger partial charge in [-0.2, -0.15) is 0 Å². The number of amides is 1. The van der Waals surface area contributed by atoms with E-state index < -0.39 is 21.7 Å². The second-order valence-corrected chi connectivity index (χ2v) is 6.47. The van der Waals surface area contributed by atoms with Crippen LogP contribution in [0.2, 0.25) is 5.02 Å². The van der Waals surface area contributed by atoms with Gasteiger partial charge in [0.1, 0.15) is 5.82 Å². The Bertz CT molecular complexity index is 804. The maximum Gasteiger partial charge on any atom is 0.238 e. The van der Waals surface area contributed by atoms with Crippen LogP contribution in [-0.4, -0.2) is 14.3 Å². The molecule has 0 aliphatic rings. The van der Waals surface area contributed by atoms with Crippen LogP contribution in [-0.2, 0) is 21.2 Å². The number of halogens is 2. The topological polar surface area (TPSA) is 89.3 Å². The Morgan fingerprint density at radius 3 is 2.55 bits per heavy atom. The Balaban J connectivity index is 2.16. The first-order chi connectivity index (χ1) is 10.3. The van der Waals surface area contributed by atoms with E-state index in [0.717, 1.165) is 0 Å². The van der Waals surface area contributed by atoms with Crippen LogP contribution in [0.3, 0.4) is 0 Å². The molecular weight excluding hydrogens is 331 g/mol. The molecule has 22 heavy (non-hydrogen) atoms. The number of anilines is 1. The zero-order valence-corrected chi connectivity index (χ0v) is 12.8. The molecule has 5 nitrogen and oxygen atoms in total. The van der Waals surface area contributed by atoms with Gasteiger partial charge >= 0.3 is 0 Å². The maximum atomic E-state index is 13.6. The van der Waals surface area contributed by atoms with Gasteiger partial charge < -0.3 is 5.32 Å². The second-order valence-electron chi connectivity index (χ2n) is 4.50. The van der Waals surface area contributed by atoms with E-state index in [1.165, 1.54) is 42.5 Å². The summed E-state index contributed by atoms with van der Waals surface area (Å²) in [5.41, 5.74) is 0.313. The summed E-state index contributed by atoms with van der Waals surface area (Å²) in [6.45, 7) is 0. The number of nitrogens with one attached hydrogen (secondary N) is 1. The van der Waals surface area contributed by atoms with E-state index in [4.69, 9.17) is 16.7 Å². The lowest BCUT2D eigenvalue weighted by Crippen LogP contribution is -2.17. The second kappa shape index (κ2) is 6.43. The number of benzene rings is 2. The monoisotopic (exact) mass is 342 g/mol. The molecule has 3 N–H and O–H groups in total. The third kappa shape index (κ3) is 4.03. The summed E-state index contributed by atoms with van der Waals surface area (Å²) in [4.78, 5) is 11.8. The summed E-state index contributed by atoms with van der Waals surface area (Å²) in [5, 5.41) is 7.63. The molecule has 0 saturated heterocycles. The molecule has 2 rings (SSSR count). The van der Waals surface area contributed by atoms with E-state index in [-0.39, 0.29) is 27.6 Å². The average Bonchev–Trinajstić information content (AvgIpc) is 2.42. The number of hydrogen-bond donors (Lipinski definition) is 2. The standard InChI is InChI=1S/C14H12ClFN2O3S/c15-12-5-2-6-13(16)11(12)8-14(19)18-9-3-1-4-10(7-9)22(17,20)21/h1-7H,8H2,(H,18,19)(H2,17,20,21). The fraction of sp³-hybridized carbons (Fsp3) is 0.0714. The van der Waals surface area contributed by atoms with Crippen molar-refractivity contribution in [2.75, 3.05) is 5.32 Å². The molecule has 2 aromatic carbocycles. The summed E-state index contributed by atoms with van der Waals surface area (Å²) in [7, 11) is -3.87. The van der Waals surface area contributed by atoms with Gasteiger partial charge in [0.05, 0.1) is 11.3 Å². The van der Waals surface area contributed by atoms with Gasteiger partial charge in [0.2, 0.25) is 15.9 Å². The average molecular weight is 343 g/mol. The van der Waals surface area contributed by atoms with Crippen molar-refractivity contribution in [2.24, 2.45) is 5.14 Å². The SMILES string of the molecule is NS(=O)(=O)c1cccc(NC(=O)Cc2c(F)cccc2Cl)c1. The largest absolute Gasteiger partial charge is 0.326 e. The van der Waals surface area contributed by atoms with Crippen molar-refractivity contribution in [3.8, 4) is 0 Å². The zero-order valence-electron chi connectivity index (χ0n) is 11.2. The molecule has 2 aromatic rings. The van der Waals surface area contributed by atoms with Crippen LogP contribution in [0.4, 0.5) is 10.1 Å². The van der Waals surface area contributed by atoms with E-state index in [0.29, 0.717) is 0 Å². The van der Waals surface area contributed by atoms with Crippen LogP contribution in [0.15, 0.2) is 47.4 Å². The minimum Gasteiger partial charge on any atom is -0.326 e. The highest BCUT2D eigenvalue weighted by molar-refractivity contribution is 7.89. The summed E-state index contributed by atoms with van der Waals surface area (Å²) in [6, 6.07) is 9.58. The fourth-order valence-electron chi connectivity index (χ4n) is 1.82. The Hall–Kier alpha value is -1.96. The van der Waals surface area contributed by atoms with Crippen molar-refractivity contribution in [2.45, 2.75) is 11.3 Å². The van der Waals surface area contributed by atoms with Gasteiger partial charge in [0.15, 0.2) is 0 Å². The van der Waals surface area contributed by atoms with Crippen molar-refractivity contribution < 1.29 is 17.6 Å². The molecule has 0 spiro atoms. The number of primary sulfonamides is 1. The van der Waals surface area contributed by atoms with E-state index in [1.807, 2.05) is 0 Å². The van der Waals surface area contributed by atoms with E-state index in [9.17, 15) is 17.6 Å². The zero-order chi connectivity index (χ0) is 16.3. The molecule has 0 heterocycles. The van der Waals surface area contributed by atoms with E-state index >= 15 is 0 Å². The highest BCUT2D eigenvalue weighted by atomic mass is 35.5. The smallest absolute Gasteiger partial charge is 0.238 e. The molecule has 1 amide bonds. The number of carbonyl (C=O) groups is 1. The lowest BCUT2D eigenvalue weighted by atomic mass is 10.1. The molecular formula is C14H12ClFN2O3S. The minimum atomic E-state index is -3.87. The fourth-order valence-corrected chi connectivity index (χ4v) is 2.61. The van der Waals surface area contributed by atoms with Crippen LogP contribution >= 0.6 is 11.6 Å². The Kier molecular flexibility index (Phi) is 4.80. The van der Waals surface area contributed by atoms with E-state index in [2.05, 4.69) is 5.32 Å². The van der Waals surface area contributed by atoms with Gasteiger partial charge in [-0.25, -0.2) is 17.9 Å². The normalized spacial score (nSPS) is 11.2. The van der Waals surface area contributed by atoms with Crippen LogP contribution < -0.4 is 10.5 Å². The first-order valence-corrected chi connectivity index (χ1v) is 8.05. The van der Waals surface area contributed by atoms with Gasteiger partial charge in [-0.15, -0.1) is 0 Å². The number of sulfonamides is 1. The highest BCUT2D eigenvalue weighted by Crippen LogP contribution is 2.20. The predicted molar refractivity (Wildman–Crippen MR) is 81.6 cm³/mol. The van der Waals surface area contributed by atoms with Crippen LogP contribution in [0, 0.1) is 5.82 Å². The first-order valence-electron chi connectivity index (χ1n) is 6.13. The van der Waals surface area contributed by atoms with Crippen molar-refractivity contribution in [1.82, 2.24) is 0 Å². The third-order valence-electron chi connectivity index (χ3n) is 2.85. The number of hydrogen-bond acceptors (Lipinski definition) is 3. The molecule has 0 radical (unpaired) electrons. The molecule has 0 aliphatic heterocycles. The van der Waals surface area contributed by atoms with Crippen molar-refractivity contribution in [1.29, 1.82) is 0 Å². The van der Waals surface area contributed by atoms with Crippen LogP contribution in [0.1, 0.15) is 5.56 Å². The Labute approximate surface area is 131 Å². The number of carbonyl (C=O) groups excluding carboxylic acids is 1. The van der Waals surface area contributed by atoms with E-state index in [1.54, 1.807) is 0 Å². The summed E-state index contributed by atoms with van der Waals surface area (Å²) >= 11 is 5.85. The molecule has 0 fully saturated rings.